The molecule has 84 valence electrons. The standard InChI is InChI=1S/C15H24/c1-12(13-10-8-7-9-11-13)15(5,6)14(2,3)4/h7-12H,1-6H3. The van der Waals surface area contributed by atoms with Crippen LogP contribution in [-0.4, -0.2) is 0 Å². The first-order chi connectivity index (χ1) is 6.77. The fraction of sp³-hybridized carbons (Fsp3) is 0.600. The van der Waals surface area contributed by atoms with Crippen molar-refractivity contribution in [3.05, 3.63) is 35.9 Å². The van der Waals surface area contributed by atoms with E-state index in [1.807, 2.05) is 0 Å². The van der Waals surface area contributed by atoms with Crippen LogP contribution in [0.1, 0.15) is 53.0 Å². The highest BCUT2D eigenvalue weighted by Gasteiger charge is 2.38. The molecule has 0 nitrogen and oxygen atoms in total. The van der Waals surface area contributed by atoms with Gasteiger partial charge in [0.25, 0.3) is 0 Å². The van der Waals surface area contributed by atoms with E-state index < -0.39 is 0 Å². The molecule has 0 aromatic heterocycles. The van der Waals surface area contributed by atoms with Gasteiger partial charge >= 0.3 is 0 Å². The predicted molar refractivity (Wildman–Crippen MR) is 68.1 cm³/mol. The molecule has 0 spiro atoms. The molecule has 0 aliphatic rings. The van der Waals surface area contributed by atoms with Gasteiger partial charge in [-0.15, -0.1) is 0 Å². The van der Waals surface area contributed by atoms with Gasteiger partial charge in [0.2, 0.25) is 0 Å². The molecule has 0 heteroatoms. The molecule has 1 aromatic carbocycles. The molecule has 15 heavy (non-hydrogen) atoms. The van der Waals surface area contributed by atoms with Crippen LogP contribution in [0.25, 0.3) is 0 Å². The molecule has 0 fully saturated rings. The van der Waals surface area contributed by atoms with Crippen molar-refractivity contribution in [1.82, 2.24) is 0 Å². The summed E-state index contributed by atoms with van der Waals surface area (Å²) in [6.07, 6.45) is 0. The second-order valence-corrected chi connectivity index (χ2v) is 6.10. The Hall–Kier alpha value is -0.780. The molecule has 0 bridgehead atoms. The minimum atomic E-state index is 0.300. The van der Waals surface area contributed by atoms with Crippen LogP contribution in [0, 0.1) is 10.8 Å². The van der Waals surface area contributed by atoms with E-state index in [9.17, 15) is 0 Å². The van der Waals surface area contributed by atoms with Gasteiger partial charge in [0.1, 0.15) is 0 Å². The maximum absolute atomic E-state index is 2.37. The molecule has 0 saturated carbocycles. The highest BCUT2D eigenvalue weighted by atomic mass is 14.4. The van der Waals surface area contributed by atoms with Crippen molar-refractivity contribution < 1.29 is 0 Å². The molecule has 1 aromatic rings. The molecule has 0 radical (unpaired) electrons. The first kappa shape index (κ1) is 12.3. The van der Waals surface area contributed by atoms with Crippen molar-refractivity contribution in [1.29, 1.82) is 0 Å². The Balaban J connectivity index is 3.00. The fourth-order valence-corrected chi connectivity index (χ4v) is 1.81. The maximum atomic E-state index is 2.37. The summed E-state index contributed by atoms with van der Waals surface area (Å²) in [5, 5.41) is 0. The van der Waals surface area contributed by atoms with Gasteiger partial charge in [-0.25, -0.2) is 0 Å². The molecule has 0 heterocycles. The van der Waals surface area contributed by atoms with Crippen LogP contribution in [0.4, 0.5) is 0 Å². The second-order valence-electron chi connectivity index (χ2n) is 6.10. The lowest BCUT2D eigenvalue weighted by atomic mass is 9.61. The minimum absolute atomic E-state index is 0.300. The van der Waals surface area contributed by atoms with Crippen LogP contribution in [0.5, 0.6) is 0 Å². The quantitative estimate of drug-likeness (QED) is 0.645. The molecule has 1 atom stereocenters. The van der Waals surface area contributed by atoms with Crippen LogP contribution >= 0.6 is 0 Å². The fourth-order valence-electron chi connectivity index (χ4n) is 1.81. The Morgan fingerprint density at radius 1 is 0.867 bits per heavy atom. The Bertz CT molecular complexity index is 301. The first-order valence-corrected chi connectivity index (χ1v) is 5.82. The Kier molecular flexibility index (Phi) is 3.28. The van der Waals surface area contributed by atoms with Gasteiger partial charge in [0, 0.05) is 0 Å². The van der Waals surface area contributed by atoms with Gasteiger partial charge in [-0.1, -0.05) is 71.9 Å². The zero-order valence-electron chi connectivity index (χ0n) is 11.0. The summed E-state index contributed by atoms with van der Waals surface area (Å²) in [6.45, 7) is 14.0. The Morgan fingerprint density at radius 2 is 1.33 bits per heavy atom. The topological polar surface area (TPSA) is 0 Å². The summed E-state index contributed by atoms with van der Waals surface area (Å²) >= 11 is 0. The van der Waals surface area contributed by atoms with Crippen LogP contribution in [0.3, 0.4) is 0 Å². The molecule has 1 unspecified atom stereocenters. The number of benzene rings is 1. The van der Waals surface area contributed by atoms with E-state index in [1.54, 1.807) is 0 Å². The summed E-state index contributed by atoms with van der Waals surface area (Å²) < 4.78 is 0. The van der Waals surface area contributed by atoms with Gasteiger partial charge in [0.15, 0.2) is 0 Å². The average molecular weight is 204 g/mol. The van der Waals surface area contributed by atoms with Crippen molar-refractivity contribution >= 4 is 0 Å². The van der Waals surface area contributed by atoms with Gasteiger partial charge < -0.3 is 0 Å². The van der Waals surface area contributed by atoms with Crippen LogP contribution in [0.2, 0.25) is 0 Å². The summed E-state index contributed by atoms with van der Waals surface area (Å²) in [4.78, 5) is 0. The molecule has 0 N–H and O–H groups in total. The average Bonchev–Trinajstić information content (AvgIpc) is 2.16. The molecule has 0 aliphatic carbocycles. The van der Waals surface area contributed by atoms with E-state index in [2.05, 4.69) is 71.9 Å². The molecule has 1 rings (SSSR count). The van der Waals surface area contributed by atoms with Crippen LogP contribution in [-0.2, 0) is 0 Å². The number of rotatable bonds is 2. The zero-order chi connectivity index (χ0) is 11.7. The third kappa shape index (κ3) is 2.42. The van der Waals surface area contributed by atoms with Crippen molar-refractivity contribution in [3.63, 3.8) is 0 Å². The summed E-state index contributed by atoms with van der Waals surface area (Å²) in [7, 11) is 0. The van der Waals surface area contributed by atoms with E-state index >= 15 is 0 Å². The SMILES string of the molecule is CC(c1ccccc1)C(C)(C)C(C)(C)C. The van der Waals surface area contributed by atoms with E-state index in [-0.39, 0.29) is 0 Å². The Morgan fingerprint density at radius 3 is 1.73 bits per heavy atom. The van der Waals surface area contributed by atoms with Gasteiger partial charge in [0.05, 0.1) is 0 Å². The summed E-state index contributed by atoms with van der Waals surface area (Å²) in [6, 6.07) is 10.8. The third-order valence-electron chi connectivity index (χ3n) is 4.32. The van der Waals surface area contributed by atoms with Crippen molar-refractivity contribution in [3.8, 4) is 0 Å². The van der Waals surface area contributed by atoms with Gasteiger partial charge in [-0.2, -0.15) is 0 Å². The van der Waals surface area contributed by atoms with E-state index in [0.717, 1.165) is 0 Å². The minimum Gasteiger partial charge on any atom is -0.0622 e. The predicted octanol–water partition coefficient (Wildman–Crippen LogP) is 4.86. The second kappa shape index (κ2) is 4.00. The Labute approximate surface area is 94.7 Å². The first-order valence-electron chi connectivity index (χ1n) is 5.82. The maximum Gasteiger partial charge on any atom is -0.0134 e. The monoisotopic (exact) mass is 204 g/mol. The normalized spacial score (nSPS) is 15.1. The van der Waals surface area contributed by atoms with Gasteiger partial charge in [-0.05, 0) is 22.3 Å². The smallest absolute Gasteiger partial charge is 0.0134 e. The molecular weight excluding hydrogens is 180 g/mol. The highest BCUT2D eigenvalue weighted by molar-refractivity contribution is 5.21. The zero-order valence-corrected chi connectivity index (χ0v) is 11.0. The van der Waals surface area contributed by atoms with Crippen molar-refractivity contribution in [2.75, 3.05) is 0 Å². The number of hydrogen-bond acceptors (Lipinski definition) is 0. The summed E-state index contributed by atoms with van der Waals surface area (Å²) in [5.41, 5.74) is 2.06. The van der Waals surface area contributed by atoms with Crippen LogP contribution in [0.15, 0.2) is 30.3 Å². The third-order valence-corrected chi connectivity index (χ3v) is 4.32. The van der Waals surface area contributed by atoms with Crippen molar-refractivity contribution in [2.45, 2.75) is 47.5 Å². The van der Waals surface area contributed by atoms with Crippen molar-refractivity contribution in [2.24, 2.45) is 10.8 Å². The highest BCUT2D eigenvalue weighted by Crippen LogP contribution is 2.48. The summed E-state index contributed by atoms with van der Waals surface area (Å²) in [5.74, 6) is 0.582. The lowest BCUT2D eigenvalue weighted by molar-refractivity contribution is 0.101. The molecule has 0 saturated heterocycles. The van der Waals surface area contributed by atoms with E-state index in [0.29, 0.717) is 16.7 Å². The van der Waals surface area contributed by atoms with E-state index in [1.165, 1.54) is 5.56 Å². The van der Waals surface area contributed by atoms with E-state index in [4.69, 9.17) is 0 Å². The number of hydrogen-bond donors (Lipinski definition) is 0. The van der Waals surface area contributed by atoms with Crippen LogP contribution < -0.4 is 0 Å². The largest absolute Gasteiger partial charge is 0.0622 e. The molecule has 0 amide bonds. The van der Waals surface area contributed by atoms with Gasteiger partial charge in [-0.3, -0.25) is 0 Å². The molecular formula is C15H24. The lowest BCUT2D eigenvalue weighted by Gasteiger charge is -2.44. The molecule has 0 aliphatic heterocycles. The lowest BCUT2D eigenvalue weighted by Crippen LogP contribution is -2.34.